The van der Waals surface area contributed by atoms with E-state index in [-0.39, 0.29) is 17.9 Å². The van der Waals surface area contributed by atoms with Gasteiger partial charge >= 0.3 is 0 Å². The predicted octanol–water partition coefficient (Wildman–Crippen LogP) is 4.01. The second-order valence-corrected chi connectivity index (χ2v) is 8.49. The summed E-state index contributed by atoms with van der Waals surface area (Å²) in [6.45, 7) is 0.945. The first-order chi connectivity index (χ1) is 14.6. The summed E-state index contributed by atoms with van der Waals surface area (Å²) >= 11 is 6.09. The topological polar surface area (TPSA) is 86.8 Å². The first-order valence-corrected chi connectivity index (χ1v) is 10.6. The number of aldehydes is 1. The molecule has 1 atom stereocenters. The fourth-order valence-electron chi connectivity index (χ4n) is 4.48. The van der Waals surface area contributed by atoms with Crippen molar-refractivity contribution in [3.63, 3.8) is 0 Å². The molecule has 7 nitrogen and oxygen atoms in total. The molecule has 0 aromatic carbocycles. The van der Waals surface area contributed by atoms with Crippen LogP contribution in [-0.4, -0.2) is 49.9 Å². The van der Waals surface area contributed by atoms with Gasteiger partial charge in [-0.15, -0.1) is 0 Å². The summed E-state index contributed by atoms with van der Waals surface area (Å²) < 4.78 is 14.6. The lowest BCUT2D eigenvalue weighted by atomic mass is 9.79. The third kappa shape index (κ3) is 3.54. The molecular weight excluding hydrogens is 407 g/mol. The van der Waals surface area contributed by atoms with E-state index in [1.807, 2.05) is 0 Å². The normalized spacial score (nSPS) is 24.5. The molecule has 3 aromatic heterocycles. The zero-order chi connectivity index (χ0) is 20.7. The minimum Gasteiger partial charge on any atom is -0.352 e. The van der Waals surface area contributed by atoms with Crippen LogP contribution in [0.25, 0.3) is 22.4 Å². The van der Waals surface area contributed by atoms with Crippen LogP contribution >= 0.6 is 11.6 Å². The number of aromatic nitrogens is 4. The lowest BCUT2D eigenvalue weighted by Crippen LogP contribution is -2.54. The first-order valence-electron chi connectivity index (χ1n) is 10.3. The maximum Gasteiger partial charge on any atom is 0.183 e. The van der Waals surface area contributed by atoms with E-state index in [1.165, 1.54) is 6.20 Å². The molecule has 0 radical (unpaired) electrons. The van der Waals surface area contributed by atoms with Crippen molar-refractivity contribution in [3.8, 4) is 11.4 Å². The number of aromatic amines is 1. The number of anilines is 1. The van der Waals surface area contributed by atoms with Gasteiger partial charge in [0.2, 0.25) is 0 Å². The molecule has 4 heterocycles. The van der Waals surface area contributed by atoms with Gasteiger partial charge in [0, 0.05) is 41.8 Å². The number of hydrogen-bond acceptors (Lipinski definition) is 6. The molecule has 1 aliphatic heterocycles. The van der Waals surface area contributed by atoms with Gasteiger partial charge in [0.05, 0.1) is 17.4 Å². The zero-order valence-corrected chi connectivity index (χ0v) is 17.1. The van der Waals surface area contributed by atoms with E-state index in [0.717, 1.165) is 55.9 Å². The highest BCUT2D eigenvalue weighted by atomic mass is 35.5. The number of nitrogens with zero attached hydrogens (tertiary/aromatic N) is 4. The van der Waals surface area contributed by atoms with Gasteiger partial charge in [0.15, 0.2) is 17.5 Å². The molecule has 1 aliphatic carbocycles. The number of likely N-dealkylation sites (tertiary alicyclic amines) is 1. The molecule has 2 aliphatic rings. The van der Waals surface area contributed by atoms with Gasteiger partial charge in [-0.3, -0.25) is 4.90 Å². The van der Waals surface area contributed by atoms with Crippen LogP contribution in [0.4, 0.5) is 10.2 Å². The molecule has 9 heteroatoms. The standard InChI is InChI=1S/C21H22ClFN6O/c22-13-7-15-16(9-25-19(15)24-8-13)20-26-10-17(23)21(28-20)27-18-3-1-2-4-29(18)14-5-12(6-14)11-30/h7-12,14,18H,1-6H2,(H,24,25)(H,26,27,28). The van der Waals surface area contributed by atoms with Gasteiger partial charge in [-0.2, -0.15) is 0 Å². The predicted molar refractivity (Wildman–Crippen MR) is 113 cm³/mol. The van der Waals surface area contributed by atoms with Gasteiger partial charge in [-0.25, -0.2) is 19.3 Å². The molecule has 0 spiro atoms. The Kier molecular flexibility index (Phi) is 5.12. The number of H-pyrrole nitrogens is 1. The molecule has 2 N–H and O–H groups in total. The van der Waals surface area contributed by atoms with Crippen LogP contribution < -0.4 is 5.32 Å². The molecule has 5 rings (SSSR count). The molecule has 156 valence electrons. The number of carbonyl (C=O) groups is 1. The van der Waals surface area contributed by atoms with E-state index < -0.39 is 5.82 Å². The summed E-state index contributed by atoms with van der Waals surface area (Å²) in [5.74, 6) is 0.260. The van der Waals surface area contributed by atoms with Crippen LogP contribution in [0.15, 0.2) is 24.7 Å². The van der Waals surface area contributed by atoms with Crippen LogP contribution in [0.1, 0.15) is 32.1 Å². The number of rotatable bonds is 5. The number of nitrogens with one attached hydrogen (secondary N) is 2. The Hall–Kier alpha value is -2.58. The van der Waals surface area contributed by atoms with Crippen LogP contribution in [0.5, 0.6) is 0 Å². The number of pyridine rings is 1. The number of carbonyl (C=O) groups excluding carboxylic acids is 1. The summed E-state index contributed by atoms with van der Waals surface area (Å²) in [7, 11) is 0. The molecule has 2 fully saturated rings. The van der Waals surface area contributed by atoms with Gasteiger partial charge < -0.3 is 15.1 Å². The van der Waals surface area contributed by atoms with E-state index in [2.05, 4.69) is 30.2 Å². The molecule has 1 unspecified atom stereocenters. The van der Waals surface area contributed by atoms with Crippen LogP contribution in [0.2, 0.25) is 5.02 Å². The van der Waals surface area contributed by atoms with Crippen LogP contribution in [-0.2, 0) is 4.79 Å². The van der Waals surface area contributed by atoms with E-state index in [4.69, 9.17) is 11.6 Å². The highest BCUT2D eigenvalue weighted by Crippen LogP contribution is 2.35. The Morgan fingerprint density at radius 2 is 2.13 bits per heavy atom. The molecule has 1 saturated heterocycles. The van der Waals surface area contributed by atoms with Crippen LogP contribution in [0, 0.1) is 11.7 Å². The van der Waals surface area contributed by atoms with Gasteiger partial charge in [0.1, 0.15) is 11.9 Å². The Morgan fingerprint density at radius 3 is 2.97 bits per heavy atom. The van der Waals surface area contributed by atoms with Crippen LogP contribution in [0.3, 0.4) is 0 Å². The average Bonchev–Trinajstić information content (AvgIpc) is 3.13. The molecule has 0 bridgehead atoms. The van der Waals surface area contributed by atoms with Crippen molar-refractivity contribution in [1.29, 1.82) is 0 Å². The fraction of sp³-hybridized carbons (Fsp3) is 0.429. The lowest BCUT2D eigenvalue weighted by molar-refractivity contribution is -0.116. The molecular formula is C21H22ClFN6O. The average molecular weight is 429 g/mol. The quantitative estimate of drug-likeness (QED) is 0.597. The molecule has 30 heavy (non-hydrogen) atoms. The summed E-state index contributed by atoms with van der Waals surface area (Å²) in [6.07, 6.45) is 10.4. The molecule has 3 aromatic rings. The second-order valence-electron chi connectivity index (χ2n) is 8.06. The third-order valence-corrected chi connectivity index (χ3v) is 6.35. The fourth-order valence-corrected chi connectivity index (χ4v) is 4.63. The Labute approximate surface area is 178 Å². The number of halogens is 2. The zero-order valence-electron chi connectivity index (χ0n) is 16.3. The highest BCUT2D eigenvalue weighted by Gasteiger charge is 2.38. The van der Waals surface area contributed by atoms with Crippen molar-refractivity contribution in [3.05, 3.63) is 35.5 Å². The summed E-state index contributed by atoms with van der Waals surface area (Å²) in [4.78, 5) is 29.3. The smallest absolute Gasteiger partial charge is 0.183 e. The SMILES string of the molecule is O=CC1CC(N2CCCCC2Nc2nc(-c3c[nH]c4ncc(Cl)cc34)ncc2F)C1. The second kappa shape index (κ2) is 7.92. The maximum absolute atomic E-state index is 14.6. The summed E-state index contributed by atoms with van der Waals surface area (Å²) in [5.41, 5.74) is 1.39. The van der Waals surface area contributed by atoms with Crippen molar-refractivity contribution >= 4 is 34.7 Å². The third-order valence-electron chi connectivity index (χ3n) is 6.14. The van der Waals surface area contributed by atoms with E-state index in [1.54, 1.807) is 18.5 Å². The highest BCUT2D eigenvalue weighted by molar-refractivity contribution is 6.31. The summed E-state index contributed by atoms with van der Waals surface area (Å²) in [6, 6.07) is 2.16. The Bertz CT molecular complexity index is 1080. The largest absolute Gasteiger partial charge is 0.352 e. The number of hydrogen-bond donors (Lipinski definition) is 2. The van der Waals surface area contributed by atoms with Crippen molar-refractivity contribution in [2.45, 2.75) is 44.3 Å². The minimum absolute atomic E-state index is 0.00678. The first kappa shape index (κ1) is 19.4. The van der Waals surface area contributed by atoms with E-state index in [9.17, 15) is 9.18 Å². The van der Waals surface area contributed by atoms with Crippen molar-refractivity contribution in [1.82, 2.24) is 24.8 Å². The maximum atomic E-state index is 14.6. The van der Waals surface area contributed by atoms with Crippen molar-refractivity contribution < 1.29 is 9.18 Å². The monoisotopic (exact) mass is 428 g/mol. The number of piperidine rings is 1. The summed E-state index contributed by atoms with van der Waals surface area (Å²) in [5, 5.41) is 4.60. The Morgan fingerprint density at radius 1 is 1.27 bits per heavy atom. The van der Waals surface area contributed by atoms with E-state index in [0.29, 0.717) is 22.5 Å². The Balaban J connectivity index is 1.42. The molecule has 0 amide bonds. The van der Waals surface area contributed by atoms with Crippen molar-refractivity contribution in [2.75, 3.05) is 11.9 Å². The van der Waals surface area contributed by atoms with Gasteiger partial charge in [-0.1, -0.05) is 11.6 Å². The van der Waals surface area contributed by atoms with E-state index >= 15 is 0 Å². The molecule has 1 saturated carbocycles. The van der Waals surface area contributed by atoms with Gasteiger partial charge in [-0.05, 0) is 38.2 Å². The van der Waals surface area contributed by atoms with Gasteiger partial charge in [0.25, 0.3) is 0 Å². The minimum atomic E-state index is -0.486. The number of fused-ring (bicyclic) bond motifs is 1. The lowest BCUT2D eigenvalue weighted by Gasteiger charge is -2.47. The van der Waals surface area contributed by atoms with Crippen molar-refractivity contribution in [2.24, 2.45) is 5.92 Å².